The normalized spacial score (nSPS) is 11.9. The van der Waals surface area contributed by atoms with Crippen LogP contribution in [0.4, 0.5) is 27.6 Å². The smallest absolute Gasteiger partial charge is 0.397 e. The van der Waals surface area contributed by atoms with Gasteiger partial charge in [-0.3, -0.25) is 9.78 Å². The number of nitrogens with zero attached hydrogens (tertiary/aromatic N) is 1. The number of nitrogen functional groups attached to an aromatic ring is 1. The lowest BCUT2D eigenvalue weighted by Gasteiger charge is -2.14. The number of carbonyl (C=O) groups excluding carboxylic acids is 1. The van der Waals surface area contributed by atoms with Crippen LogP contribution >= 0.6 is 0 Å². The van der Waals surface area contributed by atoms with E-state index in [2.05, 4.69) is 4.98 Å². The Morgan fingerprint density at radius 1 is 1.38 bits per heavy atom. The van der Waals surface area contributed by atoms with Crippen LogP contribution in [0.2, 0.25) is 0 Å². The highest BCUT2D eigenvalue weighted by molar-refractivity contribution is 5.82. The molecular weight excluding hydrogens is 235 g/mol. The second kappa shape index (κ2) is 4.03. The molecule has 1 rings (SSSR count). The average Bonchev–Trinajstić information content (AvgIpc) is 2.14. The molecule has 0 fully saturated rings. The van der Waals surface area contributed by atoms with Crippen molar-refractivity contribution in [2.75, 3.05) is 5.73 Å². The molecule has 0 amide bonds. The molecule has 0 radical (unpaired) electrons. The largest absolute Gasteiger partial charge is 0.419 e. The average molecular weight is 240 g/mol. The third-order valence-corrected chi connectivity index (χ3v) is 1.78. The number of hydrogen-bond donors (Lipinski definition) is 1. The number of hydrogen-bond acceptors (Lipinski definition) is 3. The topological polar surface area (TPSA) is 56.0 Å². The number of rotatable bonds is 2. The lowest BCUT2D eigenvalue weighted by atomic mass is 10.1. The Kier molecular flexibility index (Phi) is 3.11. The molecule has 0 saturated carbocycles. The van der Waals surface area contributed by atoms with Crippen LogP contribution in [0.15, 0.2) is 6.20 Å². The number of aromatic nitrogens is 1. The minimum absolute atomic E-state index is 0.326. The Bertz CT molecular complexity index is 416. The zero-order chi connectivity index (χ0) is 12.5. The molecule has 3 nitrogen and oxygen atoms in total. The van der Waals surface area contributed by atoms with Crippen molar-refractivity contribution in [3.63, 3.8) is 0 Å². The summed E-state index contributed by atoms with van der Waals surface area (Å²) in [6.07, 6.45) is -8.13. The molecule has 0 saturated heterocycles. The zero-order valence-electron chi connectivity index (χ0n) is 7.55. The lowest BCUT2D eigenvalue weighted by molar-refractivity contribution is -0.137. The second-order valence-corrected chi connectivity index (χ2v) is 2.80. The van der Waals surface area contributed by atoms with Gasteiger partial charge >= 0.3 is 6.18 Å². The van der Waals surface area contributed by atoms with Gasteiger partial charge in [0.2, 0.25) is 0 Å². The van der Waals surface area contributed by atoms with E-state index < -0.39 is 35.1 Å². The van der Waals surface area contributed by atoms with Gasteiger partial charge in [0, 0.05) is 0 Å². The Hall–Kier alpha value is -1.73. The van der Waals surface area contributed by atoms with Crippen molar-refractivity contribution in [2.45, 2.75) is 12.6 Å². The molecule has 0 spiro atoms. The SMILES string of the molecule is Nc1cnc(C(F)F)c(C=O)c1C(F)(F)F. The van der Waals surface area contributed by atoms with Crippen molar-refractivity contribution < 1.29 is 26.7 Å². The minimum Gasteiger partial charge on any atom is -0.397 e. The van der Waals surface area contributed by atoms with Gasteiger partial charge in [0.05, 0.1) is 23.0 Å². The molecule has 1 aromatic heterocycles. The third kappa shape index (κ3) is 2.10. The van der Waals surface area contributed by atoms with E-state index in [0.29, 0.717) is 6.20 Å². The fourth-order valence-corrected chi connectivity index (χ4v) is 1.17. The summed E-state index contributed by atoms with van der Waals surface area (Å²) in [4.78, 5) is 13.4. The van der Waals surface area contributed by atoms with E-state index in [-0.39, 0.29) is 6.29 Å². The number of alkyl halides is 5. The van der Waals surface area contributed by atoms with Crippen LogP contribution in [0.5, 0.6) is 0 Å². The minimum atomic E-state index is -4.98. The number of aldehydes is 1. The third-order valence-electron chi connectivity index (χ3n) is 1.78. The van der Waals surface area contributed by atoms with Gasteiger partial charge in [-0.2, -0.15) is 13.2 Å². The molecule has 2 N–H and O–H groups in total. The predicted molar refractivity (Wildman–Crippen MR) is 44.0 cm³/mol. The van der Waals surface area contributed by atoms with Crippen LogP contribution in [-0.2, 0) is 6.18 Å². The van der Waals surface area contributed by atoms with E-state index in [1.165, 1.54) is 0 Å². The van der Waals surface area contributed by atoms with Crippen molar-refractivity contribution >= 4 is 12.0 Å². The van der Waals surface area contributed by atoms with Crippen LogP contribution in [0.25, 0.3) is 0 Å². The highest BCUT2D eigenvalue weighted by atomic mass is 19.4. The summed E-state index contributed by atoms with van der Waals surface area (Å²) in [5.41, 5.74) is 0.0823. The highest BCUT2D eigenvalue weighted by Gasteiger charge is 2.38. The van der Waals surface area contributed by atoms with E-state index in [9.17, 15) is 26.7 Å². The number of pyridine rings is 1. The Labute approximate surface area is 86.1 Å². The van der Waals surface area contributed by atoms with E-state index in [1.54, 1.807) is 0 Å². The maximum Gasteiger partial charge on any atom is 0.419 e. The van der Waals surface area contributed by atoms with Crippen molar-refractivity contribution in [3.05, 3.63) is 23.0 Å². The van der Waals surface area contributed by atoms with Crippen molar-refractivity contribution in [2.24, 2.45) is 0 Å². The first kappa shape index (κ1) is 12.3. The van der Waals surface area contributed by atoms with Crippen LogP contribution in [0.1, 0.15) is 28.0 Å². The van der Waals surface area contributed by atoms with Crippen molar-refractivity contribution in [1.29, 1.82) is 0 Å². The van der Waals surface area contributed by atoms with E-state index >= 15 is 0 Å². The van der Waals surface area contributed by atoms with Gasteiger partial charge in [-0.05, 0) is 0 Å². The van der Waals surface area contributed by atoms with E-state index in [0.717, 1.165) is 0 Å². The van der Waals surface area contributed by atoms with Gasteiger partial charge in [-0.15, -0.1) is 0 Å². The summed E-state index contributed by atoms with van der Waals surface area (Å²) in [6, 6.07) is 0. The molecule has 1 aromatic rings. The number of nitrogens with two attached hydrogens (primary N) is 1. The van der Waals surface area contributed by atoms with E-state index in [4.69, 9.17) is 5.73 Å². The maximum absolute atomic E-state index is 12.4. The van der Waals surface area contributed by atoms with Gasteiger partial charge in [-0.1, -0.05) is 0 Å². The number of carbonyl (C=O) groups is 1. The molecule has 0 aromatic carbocycles. The Morgan fingerprint density at radius 2 is 1.94 bits per heavy atom. The fraction of sp³-hybridized carbons (Fsp3) is 0.250. The summed E-state index contributed by atoms with van der Waals surface area (Å²) in [6.45, 7) is 0. The summed E-state index contributed by atoms with van der Waals surface area (Å²) in [7, 11) is 0. The van der Waals surface area contributed by atoms with Gasteiger partial charge < -0.3 is 5.73 Å². The quantitative estimate of drug-likeness (QED) is 0.638. The predicted octanol–water partition coefficient (Wildman–Crippen LogP) is 2.43. The molecule has 0 aliphatic heterocycles. The van der Waals surface area contributed by atoms with E-state index in [1.807, 2.05) is 0 Å². The Balaban J connectivity index is 3.57. The maximum atomic E-state index is 12.4. The number of halogens is 5. The van der Waals surface area contributed by atoms with Gasteiger partial charge in [-0.25, -0.2) is 8.78 Å². The molecule has 1 heterocycles. The first-order valence-corrected chi connectivity index (χ1v) is 3.88. The summed E-state index contributed by atoms with van der Waals surface area (Å²) in [5, 5.41) is 0. The molecule has 0 unspecified atom stereocenters. The molecule has 0 bridgehead atoms. The van der Waals surface area contributed by atoms with Gasteiger partial charge in [0.1, 0.15) is 5.69 Å². The van der Waals surface area contributed by atoms with Crippen LogP contribution in [-0.4, -0.2) is 11.3 Å². The van der Waals surface area contributed by atoms with Crippen LogP contribution < -0.4 is 5.73 Å². The molecule has 0 aliphatic rings. The lowest BCUT2D eigenvalue weighted by Crippen LogP contribution is -2.15. The molecule has 16 heavy (non-hydrogen) atoms. The second-order valence-electron chi connectivity index (χ2n) is 2.80. The summed E-state index contributed by atoms with van der Waals surface area (Å²) >= 11 is 0. The number of anilines is 1. The molecule has 0 atom stereocenters. The van der Waals surface area contributed by atoms with Crippen LogP contribution in [0.3, 0.4) is 0 Å². The standard InChI is InChI=1S/C8H5F5N2O/c9-7(10)6-3(2-16)5(8(11,12)13)4(14)1-15-6/h1-2,7H,14H2. The van der Waals surface area contributed by atoms with Gasteiger partial charge in [0.25, 0.3) is 6.43 Å². The fourth-order valence-electron chi connectivity index (χ4n) is 1.17. The van der Waals surface area contributed by atoms with Crippen molar-refractivity contribution in [1.82, 2.24) is 4.98 Å². The van der Waals surface area contributed by atoms with Gasteiger partial charge in [0.15, 0.2) is 6.29 Å². The van der Waals surface area contributed by atoms with Crippen molar-refractivity contribution in [3.8, 4) is 0 Å². The van der Waals surface area contributed by atoms with Crippen LogP contribution in [0, 0.1) is 0 Å². The first-order chi connectivity index (χ1) is 7.29. The molecule has 8 heteroatoms. The molecule has 0 aliphatic carbocycles. The summed E-state index contributed by atoms with van der Waals surface area (Å²) < 4.78 is 61.9. The first-order valence-electron chi connectivity index (χ1n) is 3.88. The zero-order valence-corrected chi connectivity index (χ0v) is 7.55. The molecule has 88 valence electrons. The summed E-state index contributed by atoms with van der Waals surface area (Å²) in [5.74, 6) is 0. The monoisotopic (exact) mass is 240 g/mol. The molecular formula is C8H5F5N2O. The Morgan fingerprint density at radius 3 is 2.31 bits per heavy atom. The highest BCUT2D eigenvalue weighted by Crippen LogP contribution is 2.37.